The number of furan rings is 1. The van der Waals surface area contributed by atoms with Crippen molar-refractivity contribution in [1.82, 2.24) is 9.13 Å². The van der Waals surface area contributed by atoms with Crippen LogP contribution in [0.3, 0.4) is 0 Å². The highest BCUT2D eigenvalue weighted by Crippen LogP contribution is 2.39. The van der Waals surface area contributed by atoms with E-state index in [1.54, 1.807) is 0 Å². The second kappa shape index (κ2) is 11.8. The van der Waals surface area contributed by atoms with Gasteiger partial charge in [-0.25, -0.2) is 0 Å². The third-order valence-electron chi connectivity index (χ3n) is 10.8. The van der Waals surface area contributed by atoms with Crippen molar-refractivity contribution < 1.29 is 4.42 Å². The van der Waals surface area contributed by atoms with Crippen LogP contribution < -0.4 is 0 Å². The van der Waals surface area contributed by atoms with Gasteiger partial charge < -0.3 is 13.6 Å². The van der Waals surface area contributed by atoms with Crippen LogP contribution in [0, 0.1) is 5.92 Å². The van der Waals surface area contributed by atoms with E-state index in [-0.39, 0.29) is 0 Å². The molecule has 3 heteroatoms. The number of hydrogen-bond acceptors (Lipinski definition) is 1. The first kappa shape index (κ1) is 29.8. The minimum atomic E-state index is 0.657. The average molecular weight is 659 g/mol. The molecule has 1 unspecified atom stereocenters. The molecule has 0 fully saturated rings. The summed E-state index contributed by atoms with van der Waals surface area (Å²) in [7, 11) is 0. The van der Waals surface area contributed by atoms with Crippen molar-refractivity contribution in [3.05, 3.63) is 157 Å². The summed E-state index contributed by atoms with van der Waals surface area (Å²) in [6.07, 6.45) is 3.54. The van der Waals surface area contributed by atoms with E-state index in [0.717, 1.165) is 39.9 Å². The van der Waals surface area contributed by atoms with E-state index in [1.807, 2.05) is 0 Å². The fourth-order valence-electron chi connectivity index (χ4n) is 8.55. The maximum atomic E-state index is 6.40. The van der Waals surface area contributed by atoms with Gasteiger partial charge in [0, 0.05) is 43.7 Å². The molecule has 51 heavy (non-hydrogen) atoms. The lowest BCUT2D eigenvalue weighted by Gasteiger charge is -2.16. The molecule has 0 aliphatic heterocycles. The van der Waals surface area contributed by atoms with Crippen molar-refractivity contribution in [2.24, 2.45) is 5.92 Å². The first-order chi connectivity index (χ1) is 25.1. The zero-order valence-corrected chi connectivity index (χ0v) is 28.9. The third kappa shape index (κ3) is 4.80. The summed E-state index contributed by atoms with van der Waals surface area (Å²) >= 11 is 0. The molecule has 0 radical (unpaired) electrons. The number of nitrogens with zero attached hydrogens (tertiary/aromatic N) is 2. The molecule has 0 bridgehead atoms. The van der Waals surface area contributed by atoms with Crippen LogP contribution in [0.25, 0.3) is 88.1 Å². The highest BCUT2D eigenvalue weighted by molar-refractivity contribution is 6.11. The Balaban J connectivity index is 1.24. The summed E-state index contributed by atoms with van der Waals surface area (Å²) in [4.78, 5) is 0. The van der Waals surface area contributed by atoms with Crippen molar-refractivity contribution >= 4 is 65.6 Å². The Bertz CT molecular complexity index is 2700. The molecule has 246 valence electrons. The molecule has 3 nitrogen and oxygen atoms in total. The van der Waals surface area contributed by atoms with Crippen molar-refractivity contribution in [2.45, 2.75) is 33.1 Å². The quantitative estimate of drug-likeness (QED) is 0.167. The van der Waals surface area contributed by atoms with Gasteiger partial charge in [-0.3, -0.25) is 0 Å². The Morgan fingerprint density at radius 3 is 1.45 bits per heavy atom. The normalized spacial score (nSPS) is 12.7. The molecule has 0 saturated heterocycles. The molecule has 0 N–H and O–H groups in total. The van der Waals surface area contributed by atoms with Gasteiger partial charge >= 0.3 is 0 Å². The summed E-state index contributed by atoms with van der Waals surface area (Å²) in [6, 6.07) is 55.6. The zero-order valence-electron chi connectivity index (χ0n) is 28.9. The molecule has 1 atom stereocenters. The lowest BCUT2D eigenvalue weighted by Crippen LogP contribution is -2.00. The second-order valence-corrected chi connectivity index (χ2v) is 14.2. The Morgan fingerprint density at radius 2 is 0.941 bits per heavy atom. The number of hydrogen-bond donors (Lipinski definition) is 0. The molecular weight excluding hydrogens is 621 g/mol. The standard InChI is InChI=1S/C48H38N2O/c1-3-12-31(2)25-32-21-23-47-41(26-32)42-29-33(22-24-48(42)51-47)34-27-35(49-43-17-8-4-13-37(43)38-14-5-9-18-44(38)49)30-36(28-34)50-45-19-10-6-15-39(45)40-16-7-11-20-46(40)50/h4-11,13-24,26-31H,3,12,25H2,1-2H3. The minimum Gasteiger partial charge on any atom is -0.456 e. The molecule has 0 spiro atoms. The number of aromatic nitrogens is 2. The van der Waals surface area contributed by atoms with Crippen molar-refractivity contribution in [1.29, 1.82) is 0 Å². The zero-order chi connectivity index (χ0) is 34.1. The first-order valence-corrected chi connectivity index (χ1v) is 18.2. The van der Waals surface area contributed by atoms with Crippen molar-refractivity contribution in [3.63, 3.8) is 0 Å². The van der Waals surface area contributed by atoms with E-state index in [4.69, 9.17) is 4.42 Å². The van der Waals surface area contributed by atoms with Crippen molar-refractivity contribution in [2.75, 3.05) is 0 Å². The van der Waals surface area contributed by atoms with Gasteiger partial charge in [-0.15, -0.1) is 0 Å². The van der Waals surface area contributed by atoms with Crippen LogP contribution in [0.1, 0.15) is 32.3 Å². The summed E-state index contributed by atoms with van der Waals surface area (Å²) < 4.78 is 11.3. The Hall–Kier alpha value is -6.06. The van der Waals surface area contributed by atoms with Crippen LogP contribution in [0.5, 0.6) is 0 Å². The maximum absolute atomic E-state index is 6.40. The second-order valence-electron chi connectivity index (χ2n) is 14.2. The summed E-state index contributed by atoms with van der Waals surface area (Å²) in [5.41, 5.74) is 12.6. The van der Waals surface area contributed by atoms with E-state index in [2.05, 4.69) is 175 Å². The van der Waals surface area contributed by atoms with Gasteiger partial charge in [0.2, 0.25) is 0 Å². The van der Waals surface area contributed by atoms with Gasteiger partial charge in [0.05, 0.1) is 22.1 Å². The minimum absolute atomic E-state index is 0.657. The molecule has 3 heterocycles. The Kier molecular flexibility index (Phi) is 6.89. The van der Waals surface area contributed by atoms with Gasteiger partial charge in [-0.1, -0.05) is 112 Å². The van der Waals surface area contributed by atoms with E-state index in [1.165, 1.54) is 73.0 Å². The number of rotatable bonds is 7. The van der Waals surface area contributed by atoms with Crippen LogP contribution in [0.4, 0.5) is 0 Å². The summed E-state index contributed by atoms with van der Waals surface area (Å²) in [6.45, 7) is 4.63. The fourth-order valence-corrected chi connectivity index (χ4v) is 8.55. The van der Waals surface area contributed by atoms with Gasteiger partial charge in [-0.2, -0.15) is 0 Å². The lowest BCUT2D eigenvalue weighted by atomic mass is 9.95. The number of fused-ring (bicyclic) bond motifs is 9. The van der Waals surface area contributed by atoms with Crippen molar-refractivity contribution in [3.8, 4) is 22.5 Å². The highest BCUT2D eigenvalue weighted by atomic mass is 16.3. The predicted octanol–water partition coefficient (Wildman–Crippen LogP) is 13.4. The molecule has 3 aromatic heterocycles. The SMILES string of the molecule is CCCC(C)Cc1ccc2oc3ccc(-c4cc(-n5c6ccccc6c6ccccc65)cc(-n5c6ccccc6c6ccccc65)c4)cc3c2c1. The molecule has 0 saturated carbocycles. The molecule has 7 aromatic carbocycles. The van der Waals surface area contributed by atoms with E-state index < -0.39 is 0 Å². The topological polar surface area (TPSA) is 23.0 Å². The predicted molar refractivity (Wildman–Crippen MR) is 216 cm³/mol. The molecule has 0 aliphatic carbocycles. The fraction of sp³-hybridized carbons (Fsp3) is 0.125. The van der Waals surface area contributed by atoms with Crippen LogP contribution in [0.15, 0.2) is 156 Å². The first-order valence-electron chi connectivity index (χ1n) is 18.2. The monoisotopic (exact) mass is 658 g/mol. The number of para-hydroxylation sites is 4. The van der Waals surface area contributed by atoms with Gasteiger partial charge in [0.25, 0.3) is 0 Å². The molecule has 10 rings (SSSR count). The number of benzene rings is 7. The van der Waals surface area contributed by atoms with Crippen LogP contribution >= 0.6 is 0 Å². The van der Waals surface area contributed by atoms with Crippen LogP contribution in [-0.4, -0.2) is 9.13 Å². The maximum Gasteiger partial charge on any atom is 0.135 e. The van der Waals surface area contributed by atoms with Gasteiger partial charge in [-0.05, 0) is 95.8 Å². The van der Waals surface area contributed by atoms with Gasteiger partial charge in [0.1, 0.15) is 11.2 Å². The van der Waals surface area contributed by atoms with Crippen LogP contribution in [0.2, 0.25) is 0 Å². The summed E-state index contributed by atoms with van der Waals surface area (Å²) in [5, 5.41) is 7.38. The molecule has 0 amide bonds. The molecule has 0 aliphatic rings. The average Bonchev–Trinajstić information content (AvgIpc) is 3.82. The molecular formula is C48H38N2O. The highest BCUT2D eigenvalue weighted by Gasteiger charge is 2.18. The smallest absolute Gasteiger partial charge is 0.135 e. The Morgan fingerprint density at radius 1 is 0.471 bits per heavy atom. The third-order valence-corrected chi connectivity index (χ3v) is 10.8. The van der Waals surface area contributed by atoms with Crippen LogP contribution in [-0.2, 0) is 6.42 Å². The van der Waals surface area contributed by atoms with Gasteiger partial charge in [0.15, 0.2) is 0 Å². The summed E-state index contributed by atoms with van der Waals surface area (Å²) in [5.74, 6) is 0.657. The van der Waals surface area contributed by atoms with E-state index in [9.17, 15) is 0 Å². The van der Waals surface area contributed by atoms with E-state index in [0.29, 0.717) is 5.92 Å². The molecule has 10 aromatic rings. The largest absolute Gasteiger partial charge is 0.456 e. The lowest BCUT2D eigenvalue weighted by molar-refractivity contribution is 0.522. The Labute approximate surface area is 297 Å². The van der Waals surface area contributed by atoms with E-state index >= 15 is 0 Å².